The Hall–Kier alpha value is -1.79. The largest absolute Gasteiger partial charge is 0.444 e. The van der Waals surface area contributed by atoms with E-state index >= 15 is 0 Å². The molecule has 1 aromatic heterocycles. The van der Waals surface area contributed by atoms with Crippen LogP contribution < -0.4 is 5.73 Å². The van der Waals surface area contributed by atoms with Gasteiger partial charge in [0.15, 0.2) is 0 Å². The van der Waals surface area contributed by atoms with Crippen LogP contribution in [0.15, 0.2) is 4.42 Å². The zero-order valence-corrected chi connectivity index (χ0v) is 11.5. The molecule has 0 bridgehead atoms. The van der Waals surface area contributed by atoms with Crippen molar-refractivity contribution < 1.29 is 13.9 Å². The predicted octanol–water partition coefficient (Wildman–Crippen LogP) is 1.77. The van der Waals surface area contributed by atoms with Gasteiger partial charge in [0, 0.05) is 13.1 Å². The lowest BCUT2D eigenvalue weighted by Gasteiger charge is -2.32. The van der Waals surface area contributed by atoms with Crippen molar-refractivity contribution in [1.82, 2.24) is 15.1 Å². The zero-order chi connectivity index (χ0) is 14.0. The SMILES string of the molecule is CC(C)(C)OC(=O)N1CCC[C@H](c2nnc(N)o2)C1. The molecular formula is C12H20N4O3. The topological polar surface area (TPSA) is 94.5 Å². The third-order valence-corrected chi connectivity index (χ3v) is 2.88. The van der Waals surface area contributed by atoms with Gasteiger partial charge < -0.3 is 19.8 Å². The molecule has 1 amide bonds. The Morgan fingerprint density at radius 3 is 2.79 bits per heavy atom. The maximum Gasteiger partial charge on any atom is 0.410 e. The summed E-state index contributed by atoms with van der Waals surface area (Å²) in [7, 11) is 0. The van der Waals surface area contributed by atoms with Crippen LogP contribution >= 0.6 is 0 Å². The van der Waals surface area contributed by atoms with Crippen LogP contribution in [-0.4, -0.2) is 39.9 Å². The number of hydrogen-bond donors (Lipinski definition) is 1. The molecule has 0 unspecified atom stereocenters. The van der Waals surface area contributed by atoms with E-state index in [-0.39, 0.29) is 18.0 Å². The molecule has 2 rings (SSSR count). The lowest BCUT2D eigenvalue weighted by molar-refractivity contribution is 0.0191. The summed E-state index contributed by atoms with van der Waals surface area (Å²) in [5.41, 5.74) is 4.93. The molecule has 1 atom stereocenters. The van der Waals surface area contributed by atoms with E-state index in [0.29, 0.717) is 19.0 Å². The van der Waals surface area contributed by atoms with E-state index in [2.05, 4.69) is 10.2 Å². The minimum absolute atomic E-state index is 0.0334. The van der Waals surface area contributed by atoms with Crippen LogP contribution in [-0.2, 0) is 4.74 Å². The molecule has 7 nitrogen and oxygen atoms in total. The average molecular weight is 268 g/mol. The summed E-state index contributed by atoms with van der Waals surface area (Å²) in [6.45, 7) is 6.77. The van der Waals surface area contributed by atoms with Gasteiger partial charge in [-0.25, -0.2) is 4.79 Å². The average Bonchev–Trinajstić information content (AvgIpc) is 2.74. The van der Waals surface area contributed by atoms with Gasteiger partial charge in [-0.1, -0.05) is 5.10 Å². The number of amides is 1. The highest BCUT2D eigenvalue weighted by molar-refractivity contribution is 5.68. The van der Waals surface area contributed by atoms with Crippen LogP contribution in [0.25, 0.3) is 0 Å². The number of carbonyl (C=O) groups excluding carboxylic acids is 1. The fourth-order valence-electron chi connectivity index (χ4n) is 2.08. The summed E-state index contributed by atoms with van der Waals surface area (Å²) in [5, 5.41) is 7.53. The zero-order valence-electron chi connectivity index (χ0n) is 11.5. The number of nitrogens with zero attached hydrogens (tertiary/aromatic N) is 3. The highest BCUT2D eigenvalue weighted by atomic mass is 16.6. The van der Waals surface area contributed by atoms with E-state index in [9.17, 15) is 4.79 Å². The Balaban J connectivity index is 1.99. The monoisotopic (exact) mass is 268 g/mol. The minimum atomic E-state index is -0.487. The summed E-state index contributed by atoms with van der Waals surface area (Å²) in [5.74, 6) is 0.525. The number of aromatic nitrogens is 2. The summed E-state index contributed by atoms with van der Waals surface area (Å²) in [6.07, 6.45) is 1.48. The Bertz CT molecular complexity index is 452. The molecule has 0 radical (unpaired) electrons. The maximum atomic E-state index is 12.0. The third kappa shape index (κ3) is 3.59. The van der Waals surface area contributed by atoms with Gasteiger partial charge in [-0.05, 0) is 33.6 Å². The Morgan fingerprint density at radius 1 is 1.47 bits per heavy atom. The Kier molecular flexibility index (Phi) is 3.64. The third-order valence-electron chi connectivity index (χ3n) is 2.88. The second kappa shape index (κ2) is 5.07. The van der Waals surface area contributed by atoms with Gasteiger partial charge in [0.05, 0.1) is 5.92 Å². The molecule has 106 valence electrons. The van der Waals surface area contributed by atoms with Crippen molar-refractivity contribution in [2.24, 2.45) is 0 Å². The normalized spacial score (nSPS) is 20.4. The quantitative estimate of drug-likeness (QED) is 0.834. The summed E-state index contributed by atoms with van der Waals surface area (Å²) < 4.78 is 10.6. The first-order chi connectivity index (χ1) is 8.85. The molecule has 0 spiro atoms. The lowest BCUT2D eigenvalue weighted by atomic mass is 9.98. The van der Waals surface area contributed by atoms with Crippen molar-refractivity contribution in [3.8, 4) is 0 Å². The summed E-state index contributed by atoms with van der Waals surface area (Å²) >= 11 is 0. The molecule has 1 aromatic rings. The molecule has 0 saturated carbocycles. The van der Waals surface area contributed by atoms with Crippen LogP contribution in [0.4, 0.5) is 10.8 Å². The minimum Gasteiger partial charge on any atom is -0.444 e. The number of nitrogen functional groups attached to an aromatic ring is 1. The number of hydrogen-bond acceptors (Lipinski definition) is 6. The van der Waals surface area contributed by atoms with Crippen LogP contribution in [0.5, 0.6) is 0 Å². The smallest absolute Gasteiger partial charge is 0.410 e. The van der Waals surface area contributed by atoms with Gasteiger partial charge in [-0.2, -0.15) is 0 Å². The number of piperidine rings is 1. The molecule has 2 N–H and O–H groups in total. The van der Waals surface area contributed by atoms with E-state index < -0.39 is 5.60 Å². The standard InChI is InChI=1S/C12H20N4O3/c1-12(2,3)19-11(17)16-6-4-5-8(7-16)9-14-15-10(13)18-9/h8H,4-7H2,1-3H3,(H2,13,15)/t8-/m0/s1. The molecule has 1 aliphatic heterocycles. The van der Waals surface area contributed by atoms with Gasteiger partial charge in [0.2, 0.25) is 5.89 Å². The van der Waals surface area contributed by atoms with Crippen molar-refractivity contribution in [3.05, 3.63) is 5.89 Å². The first-order valence-electron chi connectivity index (χ1n) is 6.42. The Labute approximate surface area is 112 Å². The molecule has 1 aliphatic rings. The Morgan fingerprint density at radius 2 is 2.21 bits per heavy atom. The first kappa shape index (κ1) is 13.6. The van der Waals surface area contributed by atoms with Gasteiger partial charge in [-0.15, -0.1) is 5.10 Å². The van der Waals surface area contributed by atoms with Crippen molar-refractivity contribution in [1.29, 1.82) is 0 Å². The molecule has 0 aliphatic carbocycles. The molecule has 7 heteroatoms. The number of rotatable bonds is 1. The van der Waals surface area contributed by atoms with E-state index in [1.807, 2.05) is 20.8 Å². The van der Waals surface area contributed by atoms with Crippen LogP contribution in [0.2, 0.25) is 0 Å². The van der Waals surface area contributed by atoms with Crippen LogP contribution in [0, 0.1) is 0 Å². The second-order valence-electron chi connectivity index (χ2n) is 5.74. The number of nitrogens with two attached hydrogens (primary N) is 1. The predicted molar refractivity (Wildman–Crippen MR) is 68.5 cm³/mol. The fourth-order valence-corrected chi connectivity index (χ4v) is 2.08. The van der Waals surface area contributed by atoms with E-state index in [4.69, 9.17) is 14.9 Å². The van der Waals surface area contributed by atoms with Crippen molar-refractivity contribution in [3.63, 3.8) is 0 Å². The highest BCUT2D eigenvalue weighted by Crippen LogP contribution is 2.27. The highest BCUT2D eigenvalue weighted by Gasteiger charge is 2.30. The molecule has 1 fully saturated rings. The van der Waals surface area contributed by atoms with Crippen molar-refractivity contribution in [2.75, 3.05) is 18.8 Å². The second-order valence-corrected chi connectivity index (χ2v) is 5.74. The molecule has 0 aromatic carbocycles. The van der Waals surface area contributed by atoms with Crippen LogP contribution in [0.1, 0.15) is 45.4 Å². The van der Waals surface area contributed by atoms with Gasteiger partial charge in [-0.3, -0.25) is 0 Å². The molecule has 2 heterocycles. The number of likely N-dealkylation sites (tertiary alicyclic amines) is 1. The van der Waals surface area contributed by atoms with Crippen LogP contribution in [0.3, 0.4) is 0 Å². The first-order valence-corrected chi connectivity index (χ1v) is 6.42. The summed E-state index contributed by atoms with van der Waals surface area (Å²) in [6, 6.07) is 0.0596. The molecule has 19 heavy (non-hydrogen) atoms. The van der Waals surface area contributed by atoms with Gasteiger partial charge in [0.1, 0.15) is 5.60 Å². The fraction of sp³-hybridized carbons (Fsp3) is 0.750. The summed E-state index contributed by atoms with van der Waals surface area (Å²) in [4.78, 5) is 13.7. The molecular weight excluding hydrogens is 248 g/mol. The van der Waals surface area contributed by atoms with E-state index in [1.165, 1.54) is 0 Å². The maximum absolute atomic E-state index is 12.0. The van der Waals surface area contributed by atoms with E-state index in [0.717, 1.165) is 12.8 Å². The number of anilines is 1. The van der Waals surface area contributed by atoms with E-state index in [1.54, 1.807) is 4.90 Å². The molecule has 1 saturated heterocycles. The van der Waals surface area contributed by atoms with Crippen molar-refractivity contribution in [2.45, 2.75) is 45.1 Å². The lowest BCUT2D eigenvalue weighted by Crippen LogP contribution is -2.42. The van der Waals surface area contributed by atoms with Crippen molar-refractivity contribution >= 4 is 12.1 Å². The number of ether oxygens (including phenoxy) is 1. The number of carbonyl (C=O) groups is 1. The van der Waals surface area contributed by atoms with Gasteiger partial charge in [0.25, 0.3) is 0 Å². The van der Waals surface area contributed by atoms with Gasteiger partial charge >= 0.3 is 12.1 Å².